The van der Waals surface area contributed by atoms with Crippen LogP contribution in [0.1, 0.15) is 12.0 Å². The van der Waals surface area contributed by atoms with Crippen molar-refractivity contribution in [2.45, 2.75) is 11.3 Å². The molecule has 0 saturated heterocycles. The molecule has 0 bridgehead atoms. The molecule has 0 aliphatic carbocycles. The number of fused-ring (bicyclic) bond motifs is 2. The maximum atomic E-state index is 12.6. The Bertz CT molecular complexity index is 1290. The summed E-state index contributed by atoms with van der Waals surface area (Å²) in [5.74, 6) is 2.10. The van der Waals surface area contributed by atoms with Gasteiger partial charge in [0.15, 0.2) is 11.5 Å². The highest BCUT2D eigenvalue weighted by atomic mass is 32.2. The molecule has 0 radical (unpaired) electrons. The molecular formula is C22H22N4O5S. The van der Waals surface area contributed by atoms with Crippen LogP contribution in [0.5, 0.6) is 17.2 Å². The number of ether oxygens (including phenoxy) is 3. The number of hydrogen-bond acceptors (Lipinski definition) is 8. The van der Waals surface area contributed by atoms with Gasteiger partial charge in [0.1, 0.15) is 30.9 Å². The second kappa shape index (κ2) is 9.30. The van der Waals surface area contributed by atoms with Crippen LogP contribution in [0.3, 0.4) is 0 Å². The lowest BCUT2D eigenvalue weighted by Gasteiger charge is -2.19. The second-order valence-electron chi connectivity index (χ2n) is 7.04. The number of sulfonamides is 1. The van der Waals surface area contributed by atoms with Crippen LogP contribution >= 0.6 is 0 Å². The molecule has 3 aromatic rings. The minimum Gasteiger partial charge on any atom is -0.497 e. The molecule has 0 unspecified atom stereocenters. The Hall–Kier alpha value is -3.55. The molecule has 0 saturated carbocycles. The Kier molecular flexibility index (Phi) is 6.30. The van der Waals surface area contributed by atoms with E-state index in [0.717, 1.165) is 10.9 Å². The van der Waals surface area contributed by atoms with Crippen molar-refractivity contribution >= 4 is 26.7 Å². The molecule has 1 aliphatic heterocycles. The molecule has 10 heteroatoms. The summed E-state index contributed by atoms with van der Waals surface area (Å²) in [5.41, 5.74) is 1.13. The maximum Gasteiger partial charge on any atom is 0.240 e. The van der Waals surface area contributed by atoms with E-state index in [1.165, 1.54) is 12.1 Å². The van der Waals surface area contributed by atoms with E-state index in [-0.39, 0.29) is 11.4 Å². The molecule has 0 spiro atoms. The number of nitrogens with zero attached hydrogens (tertiary/aromatic N) is 2. The van der Waals surface area contributed by atoms with Gasteiger partial charge in [-0.1, -0.05) is 0 Å². The zero-order valence-electron chi connectivity index (χ0n) is 17.4. The van der Waals surface area contributed by atoms with Crippen molar-refractivity contribution in [3.05, 3.63) is 48.0 Å². The smallest absolute Gasteiger partial charge is 0.240 e. The van der Waals surface area contributed by atoms with Crippen molar-refractivity contribution < 1.29 is 22.6 Å². The molecular weight excluding hydrogens is 432 g/mol. The van der Waals surface area contributed by atoms with Crippen molar-refractivity contribution in [2.75, 3.05) is 38.7 Å². The predicted octanol–water partition coefficient (Wildman–Crippen LogP) is 2.67. The minimum atomic E-state index is -3.68. The van der Waals surface area contributed by atoms with Crippen molar-refractivity contribution in [1.29, 1.82) is 5.26 Å². The molecule has 9 nitrogen and oxygen atoms in total. The number of anilines is 1. The topological polar surface area (TPSA) is 123 Å². The van der Waals surface area contributed by atoms with Crippen molar-refractivity contribution in [3.63, 3.8) is 0 Å². The zero-order chi connectivity index (χ0) is 22.6. The van der Waals surface area contributed by atoms with Crippen molar-refractivity contribution in [3.8, 4) is 23.3 Å². The van der Waals surface area contributed by atoms with Gasteiger partial charge < -0.3 is 19.5 Å². The van der Waals surface area contributed by atoms with Crippen LogP contribution in [0.15, 0.2) is 47.4 Å². The first-order chi connectivity index (χ1) is 15.5. The molecule has 32 heavy (non-hydrogen) atoms. The second-order valence-corrected chi connectivity index (χ2v) is 8.81. The highest BCUT2D eigenvalue weighted by Crippen LogP contribution is 2.32. The Morgan fingerprint density at radius 2 is 1.91 bits per heavy atom. The Labute approximate surface area is 186 Å². The minimum absolute atomic E-state index is 0.119. The molecule has 1 aliphatic rings. The monoisotopic (exact) mass is 454 g/mol. The predicted molar refractivity (Wildman–Crippen MR) is 119 cm³/mol. The summed E-state index contributed by atoms with van der Waals surface area (Å²) in [7, 11) is -2.10. The third-order valence-electron chi connectivity index (χ3n) is 4.90. The first-order valence-corrected chi connectivity index (χ1v) is 11.5. The van der Waals surface area contributed by atoms with Gasteiger partial charge in [-0.2, -0.15) is 5.26 Å². The lowest BCUT2D eigenvalue weighted by molar-refractivity contribution is 0.171. The molecule has 0 amide bonds. The summed E-state index contributed by atoms with van der Waals surface area (Å²) in [6.45, 7) is 1.48. The van der Waals surface area contributed by atoms with Crippen LogP contribution in [-0.2, 0) is 10.0 Å². The largest absolute Gasteiger partial charge is 0.497 e. The fraction of sp³-hybridized carbons (Fsp3) is 0.273. The lowest BCUT2D eigenvalue weighted by atomic mass is 10.1. The van der Waals surface area contributed by atoms with E-state index in [1.54, 1.807) is 25.3 Å². The third kappa shape index (κ3) is 4.69. The molecule has 4 rings (SSSR count). The van der Waals surface area contributed by atoms with Crippen LogP contribution in [0.25, 0.3) is 10.9 Å². The first kappa shape index (κ1) is 21.7. The van der Waals surface area contributed by atoms with E-state index < -0.39 is 10.0 Å². The normalized spacial score (nSPS) is 12.9. The highest BCUT2D eigenvalue weighted by Gasteiger charge is 2.19. The number of nitriles is 1. The summed E-state index contributed by atoms with van der Waals surface area (Å²) in [4.78, 5) is 4.62. The van der Waals surface area contributed by atoms with Gasteiger partial charge in [0.05, 0.1) is 23.1 Å². The van der Waals surface area contributed by atoms with Gasteiger partial charge in [-0.25, -0.2) is 18.1 Å². The van der Waals surface area contributed by atoms with Gasteiger partial charge in [0, 0.05) is 24.5 Å². The Morgan fingerprint density at radius 1 is 1.09 bits per heavy atom. The molecule has 2 aromatic carbocycles. The average molecular weight is 455 g/mol. The van der Waals surface area contributed by atoms with Crippen LogP contribution in [0, 0.1) is 11.3 Å². The van der Waals surface area contributed by atoms with E-state index in [1.807, 2.05) is 12.1 Å². The Balaban J connectivity index is 1.35. The molecule has 2 N–H and O–H groups in total. The Morgan fingerprint density at radius 3 is 2.69 bits per heavy atom. The van der Waals surface area contributed by atoms with E-state index in [2.05, 4.69) is 21.1 Å². The van der Waals surface area contributed by atoms with Crippen LogP contribution in [-0.4, -0.2) is 46.8 Å². The lowest BCUT2D eigenvalue weighted by Crippen LogP contribution is -2.26. The number of aromatic nitrogens is 1. The number of hydrogen-bond donors (Lipinski definition) is 2. The number of pyridine rings is 1. The van der Waals surface area contributed by atoms with Gasteiger partial charge in [-0.05, 0) is 42.8 Å². The quantitative estimate of drug-likeness (QED) is 0.498. The summed E-state index contributed by atoms with van der Waals surface area (Å²) in [6, 6.07) is 13.9. The van der Waals surface area contributed by atoms with Gasteiger partial charge in [-0.15, -0.1) is 0 Å². The fourth-order valence-electron chi connectivity index (χ4n) is 3.28. The van der Waals surface area contributed by atoms with E-state index in [9.17, 15) is 13.7 Å². The third-order valence-corrected chi connectivity index (χ3v) is 6.36. The summed E-state index contributed by atoms with van der Waals surface area (Å²) < 4.78 is 43.8. The van der Waals surface area contributed by atoms with Crippen molar-refractivity contribution in [2.24, 2.45) is 0 Å². The first-order valence-electron chi connectivity index (χ1n) is 10.0. The molecule has 166 valence electrons. The van der Waals surface area contributed by atoms with Gasteiger partial charge in [0.2, 0.25) is 10.0 Å². The zero-order valence-corrected chi connectivity index (χ0v) is 18.2. The summed E-state index contributed by atoms with van der Waals surface area (Å²) in [6.07, 6.45) is 0.497. The number of methoxy groups -OCH3 is 1. The number of benzene rings is 2. The van der Waals surface area contributed by atoms with E-state index in [0.29, 0.717) is 54.8 Å². The van der Waals surface area contributed by atoms with Crippen LogP contribution in [0.2, 0.25) is 0 Å². The van der Waals surface area contributed by atoms with Gasteiger partial charge in [0.25, 0.3) is 0 Å². The molecule has 1 aromatic heterocycles. The van der Waals surface area contributed by atoms with Crippen molar-refractivity contribution in [1.82, 2.24) is 9.71 Å². The summed E-state index contributed by atoms with van der Waals surface area (Å²) in [5, 5.41) is 13.4. The standard InChI is InChI=1S/C22H22N4O5S/c1-29-17-3-5-19-15(12-17)11-16(14-23)22(26-19)24-7-2-8-25-32(27,28)18-4-6-20-21(13-18)31-10-9-30-20/h3-6,11-13,25H,2,7-10H2,1H3,(H,24,26). The summed E-state index contributed by atoms with van der Waals surface area (Å²) >= 11 is 0. The average Bonchev–Trinajstić information content (AvgIpc) is 2.82. The van der Waals surface area contributed by atoms with Crippen LogP contribution < -0.4 is 24.2 Å². The molecule has 2 heterocycles. The fourth-order valence-corrected chi connectivity index (χ4v) is 4.37. The van der Waals surface area contributed by atoms with E-state index >= 15 is 0 Å². The number of rotatable bonds is 8. The molecule has 0 fully saturated rings. The number of nitrogens with one attached hydrogen (secondary N) is 2. The van der Waals surface area contributed by atoms with E-state index in [4.69, 9.17) is 14.2 Å². The SMILES string of the molecule is COc1ccc2nc(NCCCNS(=O)(=O)c3ccc4c(c3)OCCO4)c(C#N)cc2c1. The highest BCUT2D eigenvalue weighted by molar-refractivity contribution is 7.89. The van der Waals surface area contributed by atoms with Crippen LogP contribution in [0.4, 0.5) is 5.82 Å². The van der Waals surface area contributed by atoms with Gasteiger partial charge >= 0.3 is 0 Å². The van der Waals surface area contributed by atoms with Gasteiger partial charge in [-0.3, -0.25) is 0 Å². The maximum absolute atomic E-state index is 12.6. The molecule has 0 atom stereocenters.